The maximum absolute atomic E-state index is 13.2. The topological polar surface area (TPSA) is 134 Å². The van der Waals surface area contributed by atoms with Crippen LogP contribution in [0.4, 0.5) is 10.5 Å². The third kappa shape index (κ3) is 4.18. The molecule has 1 aromatic rings. The molecule has 3 N–H and O–H groups in total. The SMILES string of the molecule is COc1ccc(NC(=O)C2CCC3(CC2)NC(=O)NC3=O)cc1S(=O)(=O)N1CCCCC1. The van der Waals surface area contributed by atoms with Crippen LogP contribution >= 0.6 is 0 Å². The summed E-state index contributed by atoms with van der Waals surface area (Å²) >= 11 is 0. The van der Waals surface area contributed by atoms with Gasteiger partial charge in [0.15, 0.2) is 0 Å². The summed E-state index contributed by atoms with van der Waals surface area (Å²) in [5, 5.41) is 7.75. The van der Waals surface area contributed by atoms with Gasteiger partial charge < -0.3 is 15.4 Å². The van der Waals surface area contributed by atoms with E-state index in [2.05, 4.69) is 16.0 Å². The molecular weight excluding hydrogens is 436 g/mol. The van der Waals surface area contributed by atoms with E-state index in [1.807, 2.05) is 0 Å². The monoisotopic (exact) mass is 464 g/mol. The van der Waals surface area contributed by atoms with Crippen molar-refractivity contribution in [3.05, 3.63) is 18.2 Å². The van der Waals surface area contributed by atoms with Crippen LogP contribution in [0.1, 0.15) is 44.9 Å². The minimum absolute atomic E-state index is 0.0348. The number of benzene rings is 1. The summed E-state index contributed by atoms with van der Waals surface area (Å²) in [4.78, 5) is 36.4. The zero-order valence-electron chi connectivity index (χ0n) is 18.0. The number of amides is 4. The highest BCUT2D eigenvalue weighted by molar-refractivity contribution is 7.89. The number of nitrogens with zero attached hydrogens (tertiary/aromatic N) is 1. The third-order valence-corrected chi connectivity index (χ3v) is 8.51. The first-order valence-electron chi connectivity index (χ1n) is 10.9. The summed E-state index contributed by atoms with van der Waals surface area (Å²) in [6.07, 6.45) is 4.27. The fourth-order valence-corrected chi connectivity index (χ4v) is 6.40. The molecule has 0 unspecified atom stereocenters. The molecule has 10 nitrogen and oxygen atoms in total. The number of carbonyl (C=O) groups is 3. The zero-order chi connectivity index (χ0) is 22.9. The Morgan fingerprint density at radius 3 is 2.44 bits per heavy atom. The largest absolute Gasteiger partial charge is 0.495 e. The minimum atomic E-state index is -3.74. The van der Waals surface area contributed by atoms with Crippen LogP contribution in [0.3, 0.4) is 0 Å². The average Bonchev–Trinajstić information content (AvgIpc) is 3.06. The molecule has 2 heterocycles. The molecule has 1 aliphatic carbocycles. The lowest BCUT2D eigenvalue weighted by molar-refractivity contribution is -0.128. The molecule has 4 rings (SSSR count). The van der Waals surface area contributed by atoms with Gasteiger partial charge in [0.1, 0.15) is 16.2 Å². The van der Waals surface area contributed by atoms with Crippen LogP contribution in [0.15, 0.2) is 23.1 Å². The number of imide groups is 1. The van der Waals surface area contributed by atoms with Crippen molar-refractivity contribution < 1.29 is 27.5 Å². The van der Waals surface area contributed by atoms with Crippen molar-refractivity contribution in [2.24, 2.45) is 5.92 Å². The van der Waals surface area contributed by atoms with E-state index < -0.39 is 21.6 Å². The Hall–Kier alpha value is -2.66. The Bertz CT molecular complexity index is 1030. The van der Waals surface area contributed by atoms with Crippen molar-refractivity contribution in [1.29, 1.82) is 0 Å². The molecule has 2 saturated heterocycles. The van der Waals surface area contributed by atoms with Crippen LogP contribution in [-0.4, -0.2) is 56.3 Å². The molecule has 0 radical (unpaired) electrons. The van der Waals surface area contributed by atoms with Crippen LogP contribution in [0.25, 0.3) is 0 Å². The summed E-state index contributed by atoms with van der Waals surface area (Å²) in [6.45, 7) is 0.937. The molecule has 1 saturated carbocycles. The number of methoxy groups -OCH3 is 1. The van der Waals surface area contributed by atoms with Crippen molar-refractivity contribution in [1.82, 2.24) is 14.9 Å². The smallest absolute Gasteiger partial charge is 0.322 e. The second kappa shape index (κ2) is 8.70. The van der Waals surface area contributed by atoms with Crippen molar-refractivity contribution in [2.75, 3.05) is 25.5 Å². The van der Waals surface area contributed by atoms with Gasteiger partial charge >= 0.3 is 6.03 Å². The summed E-state index contributed by atoms with van der Waals surface area (Å²) in [5.41, 5.74) is -0.553. The summed E-state index contributed by atoms with van der Waals surface area (Å²) < 4.78 is 33.1. The Balaban J connectivity index is 1.47. The lowest BCUT2D eigenvalue weighted by Crippen LogP contribution is -2.50. The lowest BCUT2D eigenvalue weighted by atomic mass is 9.76. The summed E-state index contributed by atoms with van der Waals surface area (Å²) in [6, 6.07) is 4.09. The van der Waals surface area contributed by atoms with E-state index in [-0.39, 0.29) is 28.4 Å². The number of ether oxygens (including phenoxy) is 1. The average molecular weight is 465 g/mol. The Labute approximate surface area is 187 Å². The van der Waals surface area contributed by atoms with Gasteiger partial charge in [0, 0.05) is 24.7 Å². The van der Waals surface area contributed by atoms with Crippen LogP contribution in [-0.2, 0) is 19.6 Å². The molecule has 1 aromatic carbocycles. The Kier molecular flexibility index (Phi) is 6.13. The first-order valence-corrected chi connectivity index (χ1v) is 12.3. The maximum atomic E-state index is 13.2. The summed E-state index contributed by atoms with van der Waals surface area (Å²) in [7, 11) is -2.33. The quantitative estimate of drug-likeness (QED) is 0.567. The van der Waals surface area contributed by atoms with Crippen molar-refractivity contribution in [3.8, 4) is 5.75 Å². The number of carbonyl (C=O) groups excluding carboxylic acids is 3. The van der Waals surface area contributed by atoms with Gasteiger partial charge in [-0.2, -0.15) is 4.31 Å². The van der Waals surface area contributed by atoms with Gasteiger partial charge in [0.2, 0.25) is 15.9 Å². The molecule has 0 bridgehead atoms. The van der Waals surface area contributed by atoms with Crippen LogP contribution in [0, 0.1) is 5.92 Å². The molecular formula is C21H28N4O6S. The highest BCUT2D eigenvalue weighted by Gasteiger charge is 2.48. The van der Waals surface area contributed by atoms with Gasteiger partial charge in [-0.15, -0.1) is 0 Å². The summed E-state index contributed by atoms with van der Waals surface area (Å²) in [5.74, 6) is -0.688. The molecule has 174 valence electrons. The molecule has 0 atom stereocenters. The normalized spacial score (nSPS) is 26.5. The van der Waals surface area contributed by atoms with Crippen LogP contribution < -0.4 is 20.7 Å². The predicted molar refractivity (Wildman–Crippen MR) is 116 cm³/mol. The highest BCUT2D eigenvalue weighted by atomic mass is 32.2. The van der Waals surface area contributed by atoms with Crippen molar-refractivity contribution in [2.45, 2.75) is 55.4 Å². The van der Waals surface area contributed by atoms with Crippen LogP contribution in [0.2, 0.25) is 0 Å². The highest BCUT2D eigenvalue weighted by Crippen LogP contribution is 2.36. The Morgan fingerprint density at radius 1 is 1.16 bits per heavy atom. The van der Waals surface area contributed by atoms with Gasteiger partial charge in [-0.3, -0.25) is 14.9 Å². The molecule has 3 aliphatic rings. The number of nitrogens with one attached hydrogen (secondary N) is 3. The standard InChI is InChI=1S/C21H28N4O6S/c1-31-16-6-5-15(13-17(16)32(29,30)25-11-3-2-4-12-25)22-18(26)14-7-9-21(10-8-14)19(27)23-20(28)24-21/h5-6,13-14H,2-4,7-12H2,1H3,(H,22,26)(H2,23,24,27,28). The molecule has 2 aliphatic heterocycles. The fraction of sp³-hybridized carbons (Fsp3) is 0.571. The van der Waals surface area contributed by atoms with Gasteiger partial charge in [-0.05, 0) is 56.7 Å². The van der Waals surface area contributed by atoms with E-state index >= 15 is 0 Å². The van der Waals surface area contributed by atoms with Gasteiger partial charge in [-0.1, -0.05) is 6.42 Å². The lowest BCUT2D eigenvalue weighted by Gasteiger charge is -2.33. The van der Waals surface area contributed by atoms with Gasteiger partial charge in [-0.25, -0.2) is 13.2 Å². The molecule has 11 heteroatoms. The molecule has 0 aromatic heterocycles. The number of sulfonamides is 1. The van der Waals surface area contributed by atoms with Crippen molar-refractivity contribution in [3.63, 3.8) is 0 Å². The molecule has 32 heavy (non-hydrogen) atoms. The number of urea groups is 1. The fourth-order valence-electron chi connectivity index (χ4n) is 4.70. The maximum Gasteiger partial charge on any atom is 0.322 e. The molecule has 1 spiro atoms. The van der Waals surface area contributed by atoms with Gasteiger partial charge in [0.25, 0.3) is 5.91 Å². The zero-order valence-corrected chi connectivity index (χ0v) is 18.8. The number of piperidine rings is 1. The van der Waals surface area contributed by atoms with Gasteiger partial charge in [0.05, 0.1) is 7.11 Å². The third-order valence-electron chi connectivity index (χ3n) is 6.59. The molecule has 4 amide bonds. The number of hydrogen-bond acceptors (Lipinski definition) is 6. The first kappa shape index (κ1) is 22.5. The van der Waals surface area contributed by atoms with E-state index in [4.69, 9.17) is 4.74 Å². The first-order chi connectivity index (χ1) is 15.2. The van der Waals surface area contributed by atoms with Crippen molar-refractivity contribution >= 4 is 33.6 Å². The minimum Gasteiger partial charge on any atom is -0.495 e. The predicted octanol–water partition coefficient (Wildman–Crippen LogP) is 1.58. The molecule has 3 fully saturated rings. The van der Waals surface area contributed by atoms with E-state index in [1.165, 1.54) is 17.5 Å². The van der Waals surface area contributed by atoms with E-state index in [0.717, 1.165) is 19.3 Å². The number of hydrogen-bond donors (Lipinski definition) is 3. The van der Waals surface area contributed by atoms with Crippen LogP contribution in [0.5, 0.6) is 5.75 Å². The van der Waals surface area contributed by atoms with E-state index in [9.17, 15) is 22.8 Å². The number of anilines is 1. The Morgan fingerprint density at radius 2 is 1.84 bits per heavy atom. The second-order valence-electron chi connectivity index (χ2n) is 8.58. The number of rotatable bonds is 5. The van der Waals surface area contributed by atoms with E-state index in [0.29, 0.717) is 44.5 Å². The van der Waals surface area contributed by atoms with E-state index in [1.54, 1.807) is 12.1 Å². The second-order valence-corrected chi connectivity index (χ2v) is 10.5.